The van der Waals surface area contributed by atoms with E-state index >= 15 is 0 Å². The van der Waals surface area contributed by atoms with Gasteiger partial charge in [0.2, 0.25) is 0 Å². The molecule has 1 N–H and O–H groups in total. The second-order valence-corrected chi connectivity index (χ2v) is 2.41. The van der Waals surface area contributed by atoms with Crippen LogP contribution in [0.2, 0.25) is 0 Å². The number of nitrogens with one attached hydrogen (secondary N) is 1. The van der Waals surface area contributed by atoms with E-state index in [1.807, 2.05) is 6.92 Å². The lowest BCUT2D eigenvalue weighted by Gasteiger charge is -1.96. The molecule has 3 nitrogen and oxygen atoms in total. The van der Waals surface area contributed by atoms with Crippen LogP contribution in [-0.2, 0) is 0 Å². The molecule has 0 saturated heterocycles. The van der Waals surface area contributed by atoms with Gasteiger partial charge in [0.05, 0.1) is 0 Å². The van der Waals surface area contributed by atoms with Crippen LogP contribution in [0.1, 0.15) is 19.8 Å². The van der Waals surface area contributed by atoms with Crippen molar-refractivity contribution in [2.45, 2.75) is 19.8 Å². The van der Waals surface area contributed by atoms with Crippen molar-refractivity contribution in [3.63, 3.8) is 0 Å². The summed E-state index contributed by atoms with van der Waals surface area (Å²) in [5.41, 5.74) is 2.87. The van der Waals surface area contributed by atoms with E-state index in [9.17, 15) is 0 Å². The van der Waals surface area contributed by atoms with Gasteiger partial charge >= 0.3 is 0 Å². The zero-order valence-corrected chi connectivity index (χ0v) is 6.30. The first kappa shape index (κ1) is 7.25. The largest absolute Gasteiger partial charge is 0.309 e. The molecule has 56 valence electrons. The predicted molar refractivity (Wildman–Crippen MR) is 43.4 cm³/mol. The average molecular weight is 139 g/mol. The normalized spacial score (nSPS) is 18.7. The van der Waals surface area contributed by atoms with Gasteiger partial charge in [0.1, 0.15) is 5.84 Å². The Labute approximate surface area is 61.2 Å². The quantitative estimate of drug-likeness (QED) is 0.354. The van der Waals surface area contributed by atoms with Crippen molar-refractivity contribution in [3.8, 4) is 0 Å². The first-order valence-electron chi connectivity index (χ1n) is 3.65. The molecule has 1 aliphatic carbocycles. The summed E-state index contributed by atoms with van der Waals surface area (Å²) in [5.74, 6) is 1.47. The van der Waals surface area contributed by atoms with Crippen LogP contribution in [0.25, 0.3) is 0 Å². The molecule has 0 bridgehead atoms. The van der Waals surface area contributed by atoms with Crippen LogP contribution in [0, 0.1) is 5.92 Å². The maximum absolute atomic E-state index is 4.06. The van der Waals surface area contributed by atoms with Crippen molar-refractivity contribution in [1.82, 2.24) is 5.43 Å². The highest BCUT2D eigenvalue weighted by atomic mass is 15.3. The molecule has 1 saturated carbocycles. The molecule has 0 radical (unpaired) electrons. The Kier molecular flexibility index (Phi) is 2.42. The third-order valence-corrected chi connectivity index (χ3v) is 1.46. The predicted octanol–water partition coefficient (Wildman–Crippen LogP) is 1.02. The zero-order chi connectivity index (χ0) is 7.40. The van der Waals surface area contributed by atoms with Crippen LogP contribution in [0.4, 0.5) is 0 Å². The topological polar surface area (TPSA) is 36.8 Å². The summed E-state index contributed by atoms with van der Waals surface area (Å²) in [5, 5.41) is 4.06. The van der Waals surface area contributed by atoms with Crippen molar-refractivity contribution < 1.29 is 0 Å². The molecular weight excluding hydrogens is 126 g/mol. The second-order valence-electron chi connectivity index (χ2n) is 2.41. The van der Waals surface area contributed by atoms with Gasteiger partial charge in [-0.1, -0.05) is 0 Å². The second kappa shape index (κ2) is 3.34. The Morgan fingerprint density at radius 3 is 2.80 bits per heavy atom. The van der Waals surface area contributed by atoms with Gasteiger partial charge in [-0.15, -0.1) is 0 Å². The number of amidine groups is 1. The van der Waals surface area contributed by atoms with Crippen LogP contribution in [0.3, 0.4) is 0 Å². The lowest BCUT2D eigenvalue weighted by Crippen LogP contribution is -2.09. The fourth-order valence-electron chi connectivity index (χ4n) is 0.757. The maximum atomic E-state index is 4.06. The Bertz CT molecular complexity index is 147. The van der Waals surface area contributed by atoms with E-state index in [0.29, 0.717) is 5.92 Å². The van der Waals surface area contributed by atoms with Crippen molar-refractivity contribution in [2.24, 2.45) is 16.0 Å². The van der Waals surface area contributed by atoms with Gasteiger partial charge in [0, 0.05) is 12.5 Å². The fraction of sp³-hybridized carbons (Fsp3) is 0.714. The highest BCUT2D eigenvalue weighted by Crippen LogP contribution is 2.30. The molecule has 0 heterocycles. The Balaban J connectivity index is 2.37. The minimum atomic E-state index is 0.594. The highest BCUT2D eigenvalue weighted by molar-refractivity contribution is 5.89. The Morgan fingerprint density at radius 2 is 2.40 bits per heavy atom. The number of nitrogens with zero attached hydrogens (tertiary/aromatic N) is 2. The van der Waals surface area contributed by atoms with E-state index in [-0.39, 0.29) is 0 Å². The summed E-state index contributed by atoms with van der Waals surface area (Å²) in [7, 11) is 0. The molecule has 0 amide bonds. The summed E-state index contributed by atoms with van der Waals surface area (Å²) >= 11 is 0. The zero-order valence-electron chi connectivity index (χ0n) is 6.30. The van der Waals surface area contributed by atoms with Crippen LogP contribution >= 0.6 is 0 Å². The van der Waals surface area contributed by atoms with E-state index in [1.165, 1.54) is 12.8 Å². The van der Waals surface area contributed by atoms with Gasteiger partial charge in [-0.2, -0.15) is 5.10 Å². The first-order chi connectivity index (χ1) is 4.88. The molecular formula is C7H13N3. The molecule has 0 aromatic rings. The van der Waals surface area contributed by atoms with Crippen LogP contribution in [0.15, 0.2) is 10.1 Å². The van der Waals surface area contributed by atoms with Gasteiger partial charge in [0.15, 0.2) is 0 Å². The van der Waals surface area contributed by atoms with E-state index in [1.54, 1.807) is 0 Å². The molecule has 0 unspecified atom stereocenters. The van der Waals surface area contributed by atoms with E-state index in [4.69, 9.17) is 0 Å². The first-order valence-corrected chi connectivity index (χ1v) is 3.65. The monoisotopic (exact) mass is 139 g/mol. The minimum absolute atomic E-state index is 0.594. The fourth-order valence-corrected chi connectivity index (χ4v) is 0.757. The molecule has 1 rings (SSSR count). The van der Waals surface area contributed by atoms with Gasteiger partial charge in [-0.05, 0) is 26.5 Å². The van der Waals surface area contributed by atoms with Crippen molar-refractivity contribution in [1.29, 1.82) is 0 Å². The Morgan fingerprint density at radius 1 is 1.70 bits per heavy atom. The van der Waals surface area contributed by atoms with E-state index < -0.39 is 0 Å². The summed E-state index contributed by atoms with van der Waals surface area (Å²) < 4.78 is 0. The molecule has 0 aromatic carbocycles. The molecule has 1 aliphatic rings. The number of hydrazone groups is 1. The van der Waals surface area contributed by atoms with Crippen LogP contribution < -0.4 is 5.43 Å². The Hall–Kier alpha value is -0.860. The summed E-state index contributed by atoms with van der Waals surface area (Å²) in [6, 6.07) is 0. The molecule has 1 fully saturated rings. The van der Waals surface area contributed by atoms with Gasteiger partial charge < -0.3 is 5.43 Å². The van der Waals surface area contributed by atoms with Crippen LogP contribution in [0.5, 0.6) is 0 Å². The van der Waals surface area contributed by atoms with E-state index in [0.717, 1.165) is 12.4 Å². The number of rotatable bonds is 3. The van der Waals surface area contributed by atoms with Crippen LogP contribution in [-0.4, -0.2) is 19.1 Å². The average Bonchev–Trinajstić information content (AvgIpc) is 2.73. The molecule has 0 spiro atoms. The highest BCUT2D eigenvalue weighted by Gasteiger charge is 2.26. The summed E-state index contributed by atoms with van der Waals surface area (Å²) in [6.07, 6.45) is 2.45. The third-order valence-electron chi connectivity index (χ3n) is 1.46. The van der Waals surface area contributed by atoms with Gasteiger partial charge in [-0.25, -0.2) is 4.99 Å². The number of hydrogen-bond acceptors (Lipinski definition) is 2. The molecule has 0 atom stereocenters. The smallest absolute Gasteiger partial charge is 0.150 e. The summed E-state index contributed by atoms with van der Waals surface area (Å²) in [4.78, 5) is 3.83. The number of aliphatic imine (C=N–C) groups is 1. The van der Waals surface area contributed by atoms with Gasteiger partial charge in [-0.3, -0.25) is 0 Å². The molecule has 3 heteroatoms. The van der Waals surface area contributed by atoms with Crippen molar-refractivity contribution in [3.05, 3.63) is 0 Å². The molecule has 0 aliphatic heterocycles. The number of hydrogen-bond donors (Lipinski definition) is 1. The molecule has 0 aromatic heterocycles. The van der Waals surface area contributed by atoms with Crippen molar-refractivity contribution in [2.75, 3.05) is 6.54 Å². The lowest BCUT2D eigenvalue weighted by atomic mass is 10.4. The van der Waals surface area contributed by atoms with Crippen molar-refractivity contribution >= 4 is 12.6 Å². The third kappa shape index (κ3) is 1.83. The molecule has 10 heavy (non-hydrogen) atoms. The van der Waals surface area contributed by atoms with Gasteiger partial charge in [0.25, 0.3) is 0 Å². The standard InChI is InChI=1S/C7H13N3/c1-3-9-10-7(8-2)6-4-5-6/h6,9H,2-5H2,1H3/b10-7-. The van der Waals surface area contributed by atoms with E-state index in [2.05, 4.69) is 22.2 Å². The minimum Gasteiger partial charge on any atom is -0.309 e. The maximum Gasteiger partial charge on any atom is 0.150 e. The summed E-state index contributed by atoms with van der Waals surface area (Å²) in [6.45, 7) is 6.32. The lowest BCUT2D eigenvalue weighted by molar-refractivity contribution is 0.774. The SMILES string of the molecule is C=N/C(=N\NCC)C1CC1.